The highest BCUT2D eigenvalue weighted by Gasteiger charge is 2.44. The molecule has 0 radical (unpaired) electrons. The van der Waals surface area contributed by atoms with Crippen molar-refractivity contribution in [3.63, 3.8) is 0 Å². The van der Waals surface area contributed by atoms with Crippen LogP contribution in [0.4, 0.5) is 16.0 Å². The molecule has 0 spiro atoms. The van der Waals surface area contributed by atoms with E-state index in [9.17, 15) is 18.4 Å². The maximum atomic E-state index is 14.9. The minimum atomic E-state index is -4.93. The highest BCUT2D eigenvalue weighted by molar-refractivity contribution is 7.47. The molecule has 0 saturated carbocycles. The Balaban J connectivity index is 1.13. The van der Waals surface area contributed by atoms with Crippen LogP contribution in [0.3, 0.4) is 0 Å². The molecule has 2 saturated heterocycles. The molecule has 7 atom stereocenters. The number of aromatic nitrogens is 8. The number of rotatable bonds is 10. The number of phosphoric ester groups is 2. The minimum Gasteiger partial charge on any atom is -0.382 e. The van der Waals surface area contributed by atoms with Crippen LogP contribution < -0.4 is 11.5 Å². The quantitative estimate of drug-likeness (QED) is 0.145. The van der Waals surface area contributed by atoms with Crippen LogP contribution in [0, 0.1) is 0 Å². The number of alkyl halides is 1. The van der Waals surface area contributed by atoms with Gasteiger partial charge in [-0.3, -0.25) is 22.7 Å². The first-order valence-electron chi connectivity index (χ1n) is 12.6. The van der Waals surface area contributed by atoms with Gasteiger partial charge in [0.1, 0.15) is 60.6 Å². The lowest BCUT2D eigenvalue weighted by Crippen LogP contribution is -2.29. The average molecular weight is 646 g/mol. The largest absolute Gasteiger partial charge is 0.472 e. The van der Waals surface area contributed by atoms with Crippen molar-refractivity contribution in [1.29, 1.82) is 0 Å². The summed E-state index contributed by atoms with van der Waals surface area (Å²) in [6, 6.07) is 0. The van der Waals surface area contributed by atoms with Crippen LogP contribution in [0.2, 0.25) is 0 Å². The summed E-state index contributed by atoms with van der Waals surface area (Å²) in [5.41, 5.74) is 12.8. The Kier molecular flexibility index (Phi) is 7.88. The molecule has 232 valence electrons. The monoisotopic (exact) mass is 646 g/mol. The van der Waals surface area contributed by atoms with Gasteiger partial charge < -0.3 is 35.6 Å². The number of phosphoric acid groups is 2. The van der Waals surface area contributed by atoms with Gasteiger partial charge in [-0.2, -0.15) is 0 Å². The van der Waals surface area contributed by atoms with E-state index in [4.69, 9.17) is 39.8 Å². The molecule has 0 aliphatic carbocycles. The molecule has 23 heteroatoms. The molecular weight excluding hydrogens is 621 g/mol. The lowest BCUT2D eigenvalue weighted by Gasteiger charge is -2.22. The van der Waals surface area contributed by atoms with Gasteiger partial charge in [0.05, 0.1) is 25.9 Å². The van der Waals surface area contributed by atoms with Crippen LogP contribution in [0.25, 0.3) is 22.3 Å². The molecule has 6 unspecified atom stereocenters. The summed E-state index contributed by atoms with van der Waals surface area (Å²) in [6.07, 6.45) is -2.25. The minimum absolute atomic E-state index is 0.102. The van der Waals surface area contributed by atoms with E-state index in [-0.39, 0.29) is 35.6 Å². The lowest BCUT2D eigenvalue weighted by molar-refractivity contribution is -0.0505. The Morgan fingerprint density at radius 2 is 1.37 bits per heavy atom. The predicted octanol–water partition coefficient (Wildman–Crippen LogP) is 0.355. The number of nitrogens with zero attached hydrogens (tertiary/aromatic N) is 8. The first kappa shape index (κ1) is 29.8. The second kappa shape index (κ2) is 11.4. The fourth-order valence-electron chi connectivity index (χ4n) is 4.84. The summed E-state index contributed by atoms with van der Waals surface area (Å²) < 4.78 is 68.5. The Morgan fingerprint density at radius 3 is 1.95 bits per heavy atom. The predicted molar refractivity (Wildman–Crippen MR) is 140 cm³/mol. The SMILES string of the molecule is Nc1ncnc2c1ncn2C1CC(F)C(COP(=O)(O)O[C@H]2CC(n3cnc4c(N)ncnc43)OC2COP(=O)(O)O)O1. The van der Waals surface area contributed by atoms with E-state index in [1.165, 1.54) is 34.4 Å². The number of anilines is 2. The highest BCUT2D eigenvalue weighted by Crippen LogP contribution is 2.50. The van der Waals surface area contributed by atoms with Gasteiger partial charge in [-0.05, 0) is 0 Å². The number of nitrogens with two attached hydrogens (primary N) is 2. The van der Waals surface area contributed by atoms with E-state index in [1.54, 1.807) is 0 Å². The Labute approximate surface area is 240 Å². The number of fused-ring (bicyclic) bond motifs is 2. The van der Waals surface area contributed by atoms with Crippen molar-refractivity contribution in [2.45, 2.75) is 49.8 Å². The van der Waals surface area contributed by atoms with Gasteiger partial charge in [-0.1, -0.05) is 0 Å². The van der Waals surface area contributed by atoms with Crippen molar-refractivity contribution in [1.82, 2.24) is 39.0 Å². The third kappa shape index (κ3) is 6.22. The summed E-state index contributed by atoms with van der Waals surface area (Å²) in [5.74, 6) is 0.239. The standard InChI is InChI=1S/C20H25FN10O10P2/c21-9-1-13(30-7-28-15-17(22)24-5-26-19(15)30)39-11(9)3-38-43(35,36)41-10-2-14(40-12(10)4-37-42(32,33)34)31-8-29-16-18(23)25-6-27-20(16)31/h5-14H,1-4H2,(H,35,36)(H2,22,24,26)(H2,23,25,27)(H2,32,33,34)/t9?,10-,11?,12?,13?,14?/m0/s1. The maximum Gasteiger partial charge on any atom is 0.472 e. The van der Waals surface area contributed by atoms with E-state index in [0.29, 0.717) is 11.2 Å². The third-order valence-corrected chi connectivity index (χ3v) is 8.31. The third-order valence-electron chi connectivity index (χ3n) is 6.81. The Bertz CT molecular complexity index is 1740. The fraction of sp³-hybridized carbons (Fsp3) is 0.500. The van der Waals surface area contributed by atoms with Crippen LogP contribution >= 0.6 is 15.6 Å². The molecule has 4 aromatic heterocycles. The fourth-order valence-corrected chi connectivity index (χ4v) is 6.14. The van der Waals surface area contributed by atoms with Crippen LogP contribution in [0.15, 0.2) is 25.3 Å². The number of hydrogen-bond donors (Lipinski definition) is 5. The summed E-state index contributed by atoms with van der Waals surface area (Å²) in [4.78, 5) is 53.0. The second-order valence-corrected chi connectivity index (χ2v) is 12.3. The van der Waals surface area contributed by atoms with Gasteiger partial charge >= 0.3 is 15.6 Å². The normalized spacial score (nSPS) is 27.7. The molecule has 0 bridgehead atoms. The van der Waals surface area contributed by atoms with Crippen molar-refractivity contribution in [3.8, 4) is 0 Å². The van der Waals surface area contributed by atoms with E-state index in [2.05, 4.69) is 34.4 Å². The zero-order valence-electron chi connectivity index (χ0n) is 21.8. The molecule has 6 heterocycles. The molecule has 2 aliphatic rings. The van der Waals surface area contributed by atoms with Crippen molar-refractivity contribution in [2.24, 2.45) is 0 Å². The van der Waals surface area contributed by atoms with Crippen molar-refractivity contribution in [2.75, 3.05) is 24.7 Å². The smallest absolute Gasteiger partial charge is 0.382 e. The first-order valence-corrected chi connectivity index (χ1v) is 15.6. The lowest BCUT2D eigenvalue weighted by atomic mass is 10.2. The summed E-state index contributed by atoms with van der Waals surface area (Å²) in [7, 11) is -9.84. The number of nitrogen functional groups attached to an aromatic ring is 2. The van der Waals surface area contributed by atoms with Crippen molar-refractivity contribution < 1.29 is 51.2 Å². The van der Waals surface area contributed by atoms with Crippen LogP contribution in [0.1, 0.15) is 25.3 Å². The second-order valence-electron chi connectivity index (χ2n) is 9.61. The summed E-state index contributed by atoms with van der Waals surface area (Å²) in [6.45, 7) is -1.37. The van der Waals surface area contributed by atoms with E-state index >= 15 is 0 Å². The van der Waals surface area contributed by atoms with Crippen molar-refractivity contribution >= 4 is 49.6 Å². The van der Waals surface area contributed by atoms with Crippen molar-refractivity contribution in [3.05, 3.63) is 25.3 Å². The number of imidazole rings is 2. The van der Waals surface area contributed by atoms with Gasteiger partial charge in [0.25, 0.3) is 0 Å². The molecule has 4 aromatic rings. The molecule has 2 fully saturated rings. The van der Waals surface area contributed by atoms with Gasteiger partial charge in [-0.15, -0.1) is 0 Å². The molecule has 6 rings (SSSR count). The van der Waals surface area contributed by atoms with Crippen LogP contribution in [-0.4, -0.2) is 91.4 Å². The zero-order valence-corrected chi connectivity index (χ0v) is 23.6. The Hall–Kier alpha value is -3.23. The molecule has 0 aromatic carbocycles. The van der Waals surface area contributed by atoms with Crippen LogP contribution in [0.5, 0.6) is 0 Å². The maximum absolute atomic E-state index is 14.9. The molecule has 0 amide bonds. The first-order chi connectivity index (χ1) is 20.4. The highest BCUT2D eigenvalue weighted by atomic mass is 31.2. The molecule has 20 nitrogen and oxygen atoms in total. The van der Waals surface area contributed by atoms with Gasteiger partial charge in [-0.25, -0.2) is 43.4 Å². The Morgan fingerprint density at radius 1 is 0.837 bits per heavy atom. The van der Waals surface area contributed by atoms with Gasteiger partial charge in [0, 0.05) is 12.8 Å². The number of hydrogen-bond acceptors (Lipinski definition) is 15. The summed E-state index contributed by atoms with van der Waals surface area (Å²) >= 11 is 0. The van der Waals surface area contributed by atoms with E-state index < -0.39 is 65.8 Å². The van der Waals surface area contributed by atoms with E-state index in [1.807, 2.05) is 0 Å². The van der Waals surface area contributed by atoms with Gasteiger partial charge in [0.2, 0.25) is 0 Å². The zero-order chi connectivity index (χ0) is 30.5. The summed E-state index contributed by atoms with van der Waals surface area (Å²) in [5, 5.41) is 0. The molecule has 2 aliphatic heterocycles. The average Bonchev–Trinajstić information content (AvgIpc) is 3.71. The topological polar surface area (TPSA) is 280 Å². The number of ether oxygens (including phenoxy) is 2. The molecule has 7 N–H and O–H groups in total. The van der Waals surface area contributed by atoms with Crippen LogP contribution in [-0.2, 0) is 32.2 Å². The van der Waals surface area contributed by atoms with E-state index in [0.717, 1.165) is 0 Å². The van der Waals surface area contributed by atoms with Gasteiger partial charge in [0.15, 0.2) is 22.9 Å². The number of halogens is 1. The molecular formula is C20H25FN10O10P2. The molecule has 43 heavy (non-hydrogen) atoms.